The summed E-state index contributed by atoms with van der Waals surface area (Å²) in [6.45, 7) is 4.81. The molecule has 5 rings (SSSR count). The lowest BCUT2D eigenvalue weighted by atomic mass is 9.89. The van der Waals surface area contributed by atoms with Crippen molar-refractivity contribution in [1.82, 2.24) is 0 Å². The minimum absolute atomic E-state index is 0.00927. The Bertz CT molecular complexity index is 1910. The normalized spacial score (nSPS) is 21.3. The van der Waals surface area contributed by atoms with E-state index in [0.717, 1.165) is 5.56 Å². The third-order valence-corrected chi connectivity index (χ3v) is 8.85. The van der Waals surface area contributed by atoms with E-state index >= 15 is 0 Å². The summed E-state index contributed by atoms with van der Waals surface area (Å²) >= 11 is 0. The molecule has 1 aromatic heterocycles. The number of primary amides is 1. The quantitative estimate of drug-likeness (QED) is 0.205. The van der Waals surface area contributed by atoms with Crippen LogP contribution in [0.3, 0.4) is 0 Å². The summed E-state index contributed by atoms with van der Waals surface area (Å²) in [5.74, 6) is -0.573. The molecule has 0 spiro atoms. The zero-order valence-electron chi connectivity index (χ0n) is 24.7. The van der Waals surface area contributed by atoms with Gasteiger partial charge < -0.3 is 39.3 Å². The molecule has 2 heterocycles. The monoisotopic (exact) mass is 640 g/mol. The predicted octanol–water partition coefficient (Wildman–Crippen LogP) is 3.63. The summed E-state index contributed by atoms with van der Waals surface area (Å²) in [5, 5.41) is 22.0. The maximum atomic E-state index is 13.3. The van der Waals surface area contributed by atoms with Crippen LogP contribution in [-0.2, 0) is 24.2 Å². The number of anilines is 1. The number of aliphatic hydroxyl groups is 1. The average Bonchev–Trinajstić information content (AvgIpc) is 2.99. The number of methoxy groups -OCH3 is 1. The number of ether oxygens (including phenoxy) is 4. The molecular formula is C31H32N2O11S. The lowest BCUT2D eigenvalue weighted by Gasteiger charge is -2.47. The van der Waals surface area contributed by atoms with Crippen molar-refractivity contribution < 1.29 is 46.8 Å². The first-order valence-corrected chi connectivity index (χ1v) is 15.2. The molecule has 0 unspecified atom stereocenters. The fraction of sp³-hybridized carbons (Fsp3) is 0.290. The molecule has 1 aliphatic heterocycles. The Kier molecular flexibility index (Phi) is 8.51. The van der Waals surface area contributed by atoms with Crippen molar-refractivity contribution in [3.05, 3.63) is 82.7 Å². The van der Waals surface area contributed by atoms with E-state index in [-0.39, 0.29) is 27.2 Å². The molecule has 0 saturated carbocycles. The van der Waals surface area contributed by atoms with Gasteiger partial charge in [-0.3, -0.25) is 4.72 Å². The molecule has 238 valence electrons. The summed E-state index contributed by atoms with van der Waals surface area (Å²) in [7, 11) is -2.97. The second kappa shape index (κ2) is 12.0. The van der Waals surface area contributed by atoms with Crippen molar-refractivity contribution in [2.45, 2.75) is 55.9 Å². The Morgan fingerprint density at radius 2 is 1.73 bits per heavy atom. The molecule has 0 aliphatic carbocycles. The fourth-order valence-corrected chi connectivity index (χ4v) is 6.43. The van der Waals surface area contributed by atoms with Crippen molar-refractivity contribution in [3.63, 3.8) is 0 Å². The summed E-state index contributed by atoms with van der Waals surface area (Å²) in [6.07, 6.45) is -6.19. The average molecular weight is 641 g/mol. The molecule has 1 aliphatic rings. The number of rotatable bonds is 8. The Hall–Kier alpha value is -4.63. The smallest absolute Gasteiger partial charge is 0.404 e. The van der Waals surface area contributed by atoms with Gasteiger partial charge in [-0.25, -0.2) is 18.0 Å². The highest BCUT2D eigenvalue weighted by molar-refractivity contribution is 7.92. The first-order valence-electron chi connectivity index (χ1n) is 13.7. The third-order valence-electron chi connectivity index (χ3n) is 7.50. The van der Waals surface area contributed by atoms with Gasteiger partial charge in [0.05, 0.1) is 15.9 Å². The molecule has 14 heteroatoms. The molecule has 4 aromatic rings. The number of carbonyl (C=O) groups is 1. The molecular weight excluding hydrogens is 608 g/mol. The van der Waals surface area contributed by atoms with Crippen LogP contribution in [-0.4, -0.2) is 62.0 Å². The minimum atomic E-state index is -4.33. The van der Waals surface area contributed by atoms with Crippen LogP contribution in [0.4, 0.5) is 10.5 Å². The van der Waals surface area contributed by atoms with E-state index in [1.54, 1.807) is 26.0 Å². The lowest BCUT2D eigenvalue weighted by molar-refractivity contribution is -0.304. The van der Waals surface area contributed by atoms with Crippen LogP contribution in [0.1, 0.15) is 19.4 Å². The number of fused-ring (bicyclic) bond motifs is 1. The van der Waals surface area contributed by atoms with Gasteiger partial charge in [0.2, 0.25) is 6.29 Å². The van der Waals surface area contributed by atoms with Crippen LogP contribution in [0.25, 0.3) is 22.1 Å². The molecule has 1 fully saturated rings. The molecule has 13 nitrogen and oxygen atoms in total. The van der Waals surface area contributed by atoms with Gasteiger partial charge in [-0.2, -0.15) is 0 Å². The van der Waals surface area contributed by atoms with Crippen LogP contribution in [0.2, 0.25) is 0 Å². The molecule has 0 radical (unpaired) electrons. The van der Waals surface area contributed by atoms with E-state index in [9.17, 15) is 28.2 Å². The Morgan fingerprint density at radius 1 is 1.04 bits per heavy atom. The molecule has 5 N–H and O–H groups in total. The lowest BCUT2D eigenvalue weighted by Crippen LogP contribution is -2.65. The number of hydrogen-bond acceptors (Lipinski definition) is 11. The largest absolute Gasteiger partial charge is 0.505 e. The number of nitrogens with two attached hydrogens (primary N) is 1. The number of nitrogens with one attached hydrogen (secondary N) is 1. The number of aromatic hydroxyl groups is 1. The molecule has 45 heavy (non-hydrogen) atoms. The molecule has 0 bridgehead atoms. The Labute approximate surface area is 258 Å². The second-order valence-corrected chi connectivity index (χ2v) is 12.6. The van der Waals surface area contributed by atoms with Crippen molar-refractivity contribution in [3.8, 4) is 22.6 Å². The summed E-state index contributed by atoms with van der Waals surface area (Å²) in [4.78, 5) is 24.4. The van der Waals surface area contributed by atoms with E-state index in [2.05, 4.69) is 4.72 Å². The Balaban J connectivity index is 1.45. The number of carbonyl (C=O) groups excluding carboxylic acids is 1. The number of aryl methyl sites for hydroxylation is 1. The van der Waals surface area contributed by atoms with Crippen LogP contribution >= 0.6 is 0 Å². The van der Waals surface area contributed by atoms with Crippen molar-refractivity contribution in [2.24, 2.45) is 5.73 Å². The van der Waals surface area contributed by atoms with Crippen LogP contribution in [0, 0.1) is 6.92 Å². The van der Waals surface area contributed by atoms with Gasteiger partial charge in [0.1, 0.15) is 17.4 Å². The fourth-order valence-electron chi connectivity index (χ4n) is 5.32. The number of amides is 1. The van der Waals surface area contributed by atoms with Crippen molar-refractivity contribution >= 4 is 32.8 Å². The number of aliphatic hydroxyl groups excluding tert-OH is 1. The molecule has 1 amide bonds. The van der Waals surface area contributed by atoms with Crippen molar-refractivity contribution in [2.75, 3.05) is 11.8 Å². The van der Waals surface area contributed by atoms with E-state index in [0.29, 0.717) is 5.56 Å². The first-order chi connectivity index (χ1) is 21.2. The maximum absolute atomic E-state index is 13.3. The van der Waals surface area contributed by atoms with Crippen LogP contribution < -0.4 is 20.8 Å². The van der Waals surface area contributed by atoms with Crippen LogP contribution in [0.5, 0.6) is 11.5 Å². The zero-order chi connectivity index (χ0) is 32.7. The van der Waals surface area contributed by atoms with E-state index in [1.165, 1.54) is 38.3 Å². The third kappa shape index (κ3) is 6.17. The van der Waals surface area contributed by atoms with Gasteiger partial charge in [-0.15, -0.1) is 0 Å². The van der Waals surface area contributed by atoms with Gasteiger partial charge in [-0.1, -0.05) is 42.5 Å². The first kappa shape index (κ1) is 31.8. The van der Waals surface area contributed by atoms with Gasteiger partial charge in [-0.05, 0) is 56.2 Å². The van der Waals surface area contributed by atoms with Crippen LogP contribution in [0.15, 0.2) is 80.8 Å². The highest BCUT2D eigenvalue weighted by Gasteiger charge is 2.53. The Morgan fingerprint density at radius 3 is 2.40 bits per heavy atom. The molecule has 4 atom stereocenters. The second-order valence-electron chi connectivity index (χ2n) is 10.9. The number of sulfonamides is 1. The summed E-state index contributed by atoms with van der Waals surface area (Å²) in [5.41, 5.74) is 3.80. The maximum Gasteiger partial charge on any atom is 0.404 e. The number of hydrogen-bond donors (Lipinski definition) is 4. The zero-order valence-corrected chi connectivity index (χ0v) is 25.5. The van der Waals surface area contributed by atoms with E-state index in [1.807, 2.05) is 30.3 Å². The minimum Gasteiger partial charge on any atom is -0.505 e. The van der Waals surface area contributed by atoms with E-state index in [4.69, 9.17) is 29.1 Å². The predicted molar refractivity (Wildman–Crippen MR) is 162 cm³/mol. The number of benzene rings is 3. The van der Waals surface area contributed by atoms with Gasteiger partial charge in [0.25, 0.3) is 10.0 Å². The van der Waals surface area contributed by atoms with E-state index < -0.39 is 63.4 Å². The SMILES string of the molecule is CO[C@@H]1[C@@H](OC(N)=O)[C@@H](O)[C@H](Oc2ccc3c(O)c(NS(=O)(=O)c4cccc(-c5ccccc5)c4)c(=O)oc3c2C)OC1(C)C. The van der Waals surface area contributed by atoms with Gasteiger partial charge >= 0.3 is 11.7 Å². The van der Waals surface area contributed by atoms with Gasteiger partial charge in [0, 0.05) is 12.7 Å². The standard InChI is InChI=1S/C31H32N2O11S/c1-16-21(41-29-24(35)26(43-30(32)37)27(40-4)31(2,3)44-29)14-13-20-23(34)22(28(36)42-25(16)20)33-45(38,39)19-12-8-11-18(15-19)17-9-6-5-7-10-17/h5-15,24,26-27,29,33-35H,1-4H3,(H2,32,37)/t24-,26+,27-,29-/m1/s1. The highest BCUT2D eigenvalue weighted by Crippen LogP contribution is 2.39. The summed E-state index contributed by atoms with van der Waals surface area (Å²) in [6, 6.07) is 18.0. The molecule has 1 saturated heterocycles. The topological polar surface area (TPSA) is 197 Å². The van der Waals surface area contributed by atoms with Crippen molar-refractivity contribution in [1.29, 1.82) is 0 Å². The summed E-state index contributed by atoms with van der Waals surface area (Å²) < 4.78 is 56.5. The molecule has 3 aromatic carbocycles. The highest BCUT2D eigenvalue weighted by atomic mass is 32.2. The van der Waals surface area contributed by atoms with Gasteiger partial charge in [0.15, 0.2) is 23.6 Å².